The first-order valence-electron chi connectivity index (χ1n) is 9.62. The van der Waals surface area contributed by atoms with Gasteiger partial charge in [-0.1, -0.05) is 24.3 Å². The van der Waals surface area contributed by atoms with Crippen LogP contribution in [-0.2, 0) is 0 Å². The fourth-order valence-electron chi connectivity index (χ4n) is 3.63. The number of nitrogens with one attached hydrogen (secondary N) is 2. The summed E-state index contributed by atoms with van der Waals surface area (Å²) >= 11 is 0. The van der Waals surface area contributed by atoms with Gasteiger partial charge in [0, 0.05) is 18.8 Å². The zero-order chi connectivity index (χ0) is 19.1. The Kier molecular flexibility index (Phi) is 6.85. The van der Waals surface area contributed by atoms with Crippen molar-refractivity contribution in [3.8, 4) is 5.75 Å². The van der Waals surface area contributed by atoms with Crippen molar-refractivity contribution in [1.82, 2.24) is 10.2 Å². The van der Waals surface area contributed by atoms with E-state index in [1.54, 1.807) is 19.2 Å². The summed E-state index contributed by atoms with van der Waals surface area (Å²) in [6.07, 6.45) is 2.38. The standard InChI is InChI=1S/C22H29N3O2/c1-23-13-16-25-14-11-18(12-15-25)17-7-9-19(10-8-17)24-22(26)20-5-3-4-6-21(20)27-2/h3-10,18,23H,11-16H2,1-2H3,(H,24,26). The summed E-state index contributed by atoms with van der Waals surface area (Å²) in [5.41, 5.74) is 2.71. The second-order valence-electron chi connectivity index (χ2n) is 7.00. The number of piperidine rings is 1. The molecule has 2 aromatic rings. The zero-order valence-electron chi connectivity index (χ0n) is 16.2. The highest BCUT2D eigenvalue weighted by molar-refractivity contribution is 6.06. The van der Waals surface area contributed by atoms with Crippen molar-refractivity contribution in [2.75, 3.05) is 45.7 Å². The fraction of sp³-hybridized carbons (Fsp3) is 0.409. The molecule has 1 heterocycles. The van der Waals surface area contributed by atoms with E-state index >= 15 is 0 Å². The van der Waals surface area contributed by atoms with Crippen LogP contribution in [-0.4, -0.2) is 51.1 Å². The molecule has 1 aliphatic heterocycles. The molecule has 1 amide bonds. The van der Waals surface area contributed by atoms with E-state index in [1.165, 1.54) is 18.4 Å². The lowest BCUT2D eigenvalue weighted by Gasteiger charge is -2.32. The summed E-state index contributed by atoms with van der Waals surface area (Å²) in [6, 6.07) is 15.5. The van der Waals surface area contributed by atoms with Crippen LogP contribution in [0, 0.1) is 0 Å². The van der Waals surface area contributed by atoms with Crippen molar-refractivity contribution in [2.45, 2.75) is 18.8 Å². The first kappa shape index (κ1) is 19.4. The van der Waals surface area contributed by atoms with Crippen LogP contribution in [0.4, 0.5) is 5.69 Å². The van der Waals surface area contributed by atoms with Gasteiger partial charge < -0.3 is 20.3 Å². The lowest BCUT2D eigenvalue weighted by Crippen LogP contribution is -2.37. The highest BCUT2D eigenvalue weighted by Crippen LogP contribution is 2.29. The van der Waals surface area contributed by atoms with Crippen molar-refractivity contribution in [3.05, 3.63) is 59.7 Å². The van der Waals surface area contributed by atoms with Gasteiger partial charge in [-0.3, -0.25) is 4.79 Å². The second kappa shape index (κ2) is 9.53. The maximum absolute atomic E-state index is 12.5. The van der Waals surface area contributed by atoms with Gasteiger partial charge in [0.25, 0.3) is 5.91 Å². The lowest BCUT2D eigenvalue weighted by molar-refractivity contribution is 0.102. The van der Waals surface area contributed by atoms with Crippen molar-refractivity contribution in [3.63, 3.8) is 0 Å². The molecule has 0 unspecified atom stereocenters. The number of ether oxygens (including phenoxy) is 1. The van der Waals surface area contributed by atoms with Crippen LogP contribution in [0.25, 0.3) is 0 Å². The van der Waals surface area contributed by atoms with Crippen LogP contribution >= 0.6 is 0 Å². The Bertz CT molecular complexity index is 737. The minimum absolute atomic E-state index is 0.155. The SMILES string of the molecule is CNCCN1CCC(c2ccc(NC(=O)c3ccccc3OC)cc2)CC1. The summed E-state index contributed by atoms with van der Waals surface area (Å²) < 4.78 is 5.27. The smallest absolute Gasteiger partial charge is 0.259 e. The quantitative estimate of drug-likeness (QED) is 0.788. The number of methoxy groups -OCH3 is 1. The third-order valence-corrected chi connectivity index (χ3v) is 5.26. The second-order valence-corrected chi connectivity index (χ2v) is 7.00. The lowest BCUT2D eigenvalue weighted by atomic mass is 9.89. The molecule has 3 rings (SSSR count). The highest BCUT2D eigenvalue weighted by Gasteiger charge is 2.20. The average Bonchev–Trinajstić information content (AvgIpc) is 2.73. The molecule has 0 bridgehead atoms. The normalized spacial score (nSPS) is 15.5. The molecular formula is C22H29N3O2. The van der Waals surface area contributed by atoms with Crippen LogP contribution in [0.2, 0.25) is 0 Å². The summed E-state index contributed by atoms with van der Waals surface area (Å²) in [5, 5.41) is 6.17. The Morgan fingerprint density at radius 1 is 1.11 bits per heavy atom. The van der Waals surface area contributed by atoms with Crippen LogP contribution in [0.1, 0.15) is 34.7 Å². The number of carbonyl (C=O) groups is 1. The number of para-hydroxylation sites is 1. The number of carbonyl (C=O) groups excluding carboxylic acids is 1. The Hall–Kier alpha value is -2.37. The minimum atomic E-state index is -0.155. The summed E-state index contributed by atoms with van der Waals surface area (Å²) in [7, 11) is 3.58. The first-order valence-corrected chi connectivity index (χ1v) is 9.62. The van der Waals surface area contributed by atoms with Gasteiger partial charge in [0.2, 0.25) is 0 Å². The van der Waals surface area contributed by atoms with E-state index in [-0.39, 0.29) is 5.91 Å². The van der Waals surface area contributed by atoms with Gasteiger partial charge in [-0.25, -0.2) is 0 Å². The number of nitrogens with zero attached hydrogens (tertiary/aromatic N) is 1. The molecule has 0 aromatic heterocycles. The van der Waals surface area contributed by atoms with Crippen LogP contribution in [0.3, 0.4) is 0 Å². The number of likely N-dealkylation sites (N-methyl/N-ethyl adjacent to an activating group) is 1. The van der Waals surface area contributed by atoms with Crippen molar-refractivity contribution < 1.29 is 9.53 Å². The Morgan fingerprint density at radius 3 is 2.48 bits per heavy atom. The van der Waals surface area contributed by atoms with Crippen LogP contribution in [0.15, 0.2) is 48.5 Å². The number of amides is 1. The molecule has 1 saturated heterocycles. The van der Waals surface area contributed by atoms with E-state index in [1.807, 2.05) is 31.3 Å². The van der Waals surface area contributed by atoms with Gasteiger partial charge in [-0.05, 0) is 68.7 Å². The van der Waals surface area contributed by atoms with Crippen LogP contribution < -0.4 is 15.4 Å². The molecule has 1 fully saturated rings. The molecule has 2 aromatic carbocycles. The molecule has 0 radical (unpaired) electrons. The summed E-state index contributed by atoms with van der Waals surface area (Å²) in [6.45, 7) is 4.47. The number of rotatable bonds is 7. The van der Waals surface area contributed by atoms with Gasteiger partial charge in [0.05, 0.1) is 12.7 Å². The van der Waals surface area contributed by atoms with E-state index in [0.717, 1.165) is 31.9 Å². The van der Waals surface area contributed by atoms with E-state index in [9.17, 15) is 4.79 Å². The molecule has 5 heteroatoms. The maximum atomic E-state index is 12.5. The topological polar surface area (TPSA) is 53.6 Å². The minimum Gasteiger partial charge on any atom is -0.496 e. The highest BCUT2D eigenvalue weighted by atomic mass is 16.5. The van der Waals surface area contributed by atoms with Crippen molar-refractivity contribution >= 4 is 11.6 Å². The van der Waals surface area contributed by atoms with E-state index in [2.05, 4.69) is 27.7 Å². The van der Waals surface area contributed by atoms with Gasteiger partial charge in [0.15, 0.2) is 0 Å². The molecular weight excluding hydrogens is 338 g/mol. The fourth-order valence-corrected chi connectivity index (χ4v) is 3.63. The van der Waals surface area contributed by atoms with Gasteiger partial charge in [-0.15, -0.1) is 0 Å². The number of hydrogen-bond donors (Lipinski definition) is 2. The Balaban J connectivity index is 1.57. The third kappa shape index (κ3) is 5.08. The molecule has 1 aliphatic rings. The van der Waals surface area contributed by atoms with Gasteiger partial charge in [0.1, 0.15) is 5.75 Å². The predicted octanol–water partition coefficient (Wildman–Crippen LogP) is 3.35. The molecule has 27 heavy (non-hydrogen) atoms. The van der Waals surface area contributed by atoms with E-state index in [4.69, 9.17) is 4.74 Å². The largest absolute Gasteiger partial charge is 0.496 e. The average molecular weight is 367 g/mol. The molecule has 5 nitrogen and oxygen atoms in total. The van der Waals surface area contributed by atoms with Crippen molar-refractivity contribution in [2.24, 2.45) is 0 Å². The summed E-state index contributed by atoms with van der Waals surface area (Å²) in [4.78, 5) is 15.0. The predicted molar refractivity (Wildman–Crippen MR) is 110 cm³/mol. The molecule has 144 valence electrons. The van der Waals surface area contributed by atoms with Gasteiger partial charge >= 0.3 is 0 Å². The van der Waals surface area contributed by atoms with Crippen molar-refractivity contribution in [1.29, 1.82) is 0 Å². The monoisotopic (exact) mass is 367 g/mol. The number of benzene rings is 2. The van der Waals surface area contributed by atoms with Gasteiger partial charge in [-0.2, -0.15) is 0 Å². The van der Waals surface area contributed by atoms with Crippen LogP contribution in [0.5, 0.6) is 5.75 Å². The first-order chi connectivity index (χ1) is 13.2. The molecule has 0 atom stereocenters. The van der Waals surface area contributed by atoms with E-state index in [0.29, 0.717) is 17.2 Å². The van der Waals surface area contributed by atoms with E-state index < -0.39 is 0 Å². The zero-order valence-corrected chi connectivity index (χ0v) is 16.2. The number of likely N-dealkylation sites (tertiary alicyclic amines) is 1. The summed E-state index contributed by atoms with van der Waals surface area (Å²) in [5.74, 6) is 1.03. The molecule has 0 spiro atoms. The molecule has 2 N–H and O–H groups in total. The Morgan fingerprint density at radius 2 is 1.81 bits per heavy atom. The number of anilines is 1. The number of hydrogen-bond acceptors (Lipinski definition) is 4. The molecule has 0 aliphatic carbocycles. The Labute approximate surface area is 161 Å². The maximum Gasteiger partial charge on any atom is 0.259 e. The molecule has 0 saturated carbocycles. The third-order valence-electron chi connectivity index (χ3n) is 5.26.